The third-order valence-electron chi connectivity index (χ3n) is 5.20. The summed E-state index contributed by atoms with van der Waals surface area (Å²) in [5.41, 5.74) is 2.02. The summed E-state index contributed by atoms with van der Waals surface area (Å²) >= 11 is 0. The van der Waals surface area contributed by atoms with Crippen LogP contribution in [0.4, 0.5) is 0 Å². The number of nitrogens with one attached hydrogen (secondary N) is 3. The lowest BCUT2D eigenvalue weighted by atomic mass is 10.0. The lowest BCUT2D eigenvalue weighted by molar-refractivity contribution is -0.909. The minimum absolute atomic E-state index is 0.0749. The van der Waals surface area contributed by atoms with Crippen LogP contribution in [0.3, 0.4) is 0 Å². The molecule has 2 amide bonds. The zero-order valence-corrected chi connectivity index (χ0v) is 16.9. The molecule has 3 rings (SSSR count). The summed E-state index contributed by atoms with van der Waals surface area (Å²) in [7, 11) is 0. The second kappa shape index (κ2) is 10.7. The Hall–Kier alpha value is -2.70. The third-order valence-corrected chi connectivity index (χ3v) is 5.20. The number of carbonyl (C=O) groups excluding carboxylic acids is 2. The van der Waals surface area contributed by atoms with Crippen molar-refractivity contribution >= 4 is 11.8 Å². The van der Waals surface area contributed by atoms with Gasteiger partial charge < -0.3 is 20.3 Å². The van der Waals surface area contributed by atoms with E-state index in [4.69, 9.17) is 4.74 Å². The molecule has 6 heteroatoms. The van der Waals surface area contributed by atoms with Gasteiger partial charge in [0, 0.05) is 6.92 Å². The predicted molar refractivity (Wildman–Crippen MR) is 111 cm³/mol. The first-order chi connectivity index (χ1) is 14.1. The molecule has 6 nitrogen and oxygen atoms in total. The highest BCUT2D eigenvalue weighted by atomic mass is 16.5. The van der Waals surface area contributed by atoms with Gasteiger partial charge in [0.05, 0.1) is 25.7 Å². The van der Waals surface area contributed by atoms with Crippen molar-refractivity contribution in [2.75, 3.05) is 32.8 Å². The van der Waals surface area contributed by atoms with Crippen molar-refractivity contribution in [1.29, 1.82) is 0 Å². The molecule has 2 aromatic carbocycles. The Labute approximate surface area is 172 Å². The van der Waals surface area contributed by atoms with E-state index in [1.165, 1.54) is 11.8 Å². The normalized spacial score (nSPS) is 16.6. The highest BCUT2D eigenvalue weighted by Crippen LogP contribution is 2.18. The van der Waals surface area contributed by atoms with Crippen molar-refractivity contribution < 1.29 is 19.2 Å². The van der Waals surface area contributed by atoms with Gasteiger partial charge in [-0.3, -0.25) is 9.59 Å². The van der Waals surface area contributed by atoms with E-state index in [0.29, 0.717) is 0 Å². The second-order valence-corrected chi connectivity index (χ2v) is 7.47. The first kappa shape index (κ1) is 21.0. The summed E-state index contributed by atoms with van der Waals surface area (Å²) in [4.78, 5) is 26.0. The summed E-state index contributed by atoms with van der Waals surface area (Å²) in [6, 6.07) is 19.2. The van der Waals surface area contributed by atoms with Crippen LogP contribution in [0.1, 0.15) is 36.6 Å². The Morgan fingerprint density at radius 1 is 0.897 bits per heavy atom. The largest absolute Gasteiger partial charge is 0.370 e. The SMILES string of the molecule is CC(=O)N[C@@H](CC(=O)N[C@H](C[NH+]1CCOCC1)c1ccccc1)c1ccccc1. The summed E-state index contributed by atoms with van der Waals surface area (Å²) in [5, 5.41) is 6.10. The first-order valence-corrected chi connectivity index (χ1v) is 10.2. The molecule has 0 radical (unpaired) electrons. The molecule has 2 atom stereocenters. The van der Waals surface area contributed by atoms with Crippen molar-refractivity contribution in [1.82, 2.24) is 10.6 Å². The van der Waals surface area contributed by atoms with E-state index in [1.54, 1.807) is 0 Å². The van der Waals surface area contributed by atoms with Gasteiger partial charge >= 0.3 is 0 Å². The maximum Gasteiger partial charge on any atom is 0.223 e. The van der Waals surface area contributed by atoms with E-state index < -0.39 is 0 Å². The van der Waals surface area contributed by atoms with Crippen molar-refractivity contribution in [3.05, 3.63) is 71.8 Å². The van der Waals surface area contributed by atoms with Gasteiger partial charge in [-0.15, -0.1) is 0 Å². The number of rotatable bonds is 8. The molecule has 0 saturated carbocycles. The lowest BCUT2D eigenvalue weighted by Crippen LogP contribution is -3.14. The molecule has 154 valence electrons. The molecule has 0 bridgehead atoms. The number of hydrogen-bond donors (Lipinski definition) is 3. The van der Waals surface area contributed by atoms with E-state index in [2.05, 4.69) is 10.6 Å². The molecular weight excluding hydrogens is 366 g/mol. The summed E-state index contributed by atoms with van der Waals surface area (Å²) in [6.07, 6.45) is 0.200. The Balaban J connectivity index is 1.69. The van der Waals surface area contributed by atoms with Crippen LogP contribution in [0, 0.1) is 0 Å². The van der Waals surface area contributed by atoms with Crippen LogP contribution in [-0.2, 0) is 14.3 Å². The van der Waals surface area contributed by atoms with Crippen LogP contribution in [0.5, 0.6) is 0 Å². The van der Waals surface area contributed by atoms with E-state index >= 15 is 0 Å². The smallest absolute Gasteiger partial charge is 0.223 e. The van der Waals surface area contributed by atoms with Crippen LogP contribution in [-0.4, -0.2) is 44.7 Å². The number of hydrogen-bond acceptors (Lipinski definition) is 3. The molecule has 0 aromatic heterocycles. The van der Waals surface area contributed by atoms with Crippen LogP contribution < -0.4 is 15.5 Å². The van der Waals surface area contributed by atoms with Gasteiger partial charge in [0.2, 0.25) is 11.8 Å². The fourth-order valence-electron chi connectivity index (χ4n) is 3.71. The van der Waals surface area contributed by atoms with Crippen LogP contribution in [0.2, 0.25) is 0 Å². The van der Waals surface area contributed by atoms with Gasteiger partial charge in [-0.1, -0.05) is 60.7 Å². The molecule has 2 aromatic rings. The highest BCUT2D eigenvalue weighted by molar-refractivity contribution is 5.79. The zero-order valence-electron chi connectivity index (χ0n) is 16.9. The number of amides is 2. The lowest BCUT2D eigenvalue weighted by Gasteiger charge is -2.29. The van der Waals surface area contributed by atoms with Gasteiger partial charge in [-0.25, -0.2) is 0 Å². The molecule has 1 heterocycles. The number of ether oxygens (including phenoxy) is 1. The maximum atomic E-state index is 12.9. The Kier molecular flexibility index (Phi) is 7.78. The van der Waals surface area contributed by atoms with Crippen LogP contribution in [0.25, 0.3) is 0 Å². The third kappa shape index (κ3) is 6.69. The maximum absolute atomic E-state index is 12.9. The Morgan fingerprint density at radius 2 is 1.45 bits per heavy atom. The average molecular weight is 397 g/mol. The van der Waals surface area contributed by atoms with Gasteiger partial charge in [-0.05, 0) is 11.1 Å². The molecule has 0 unspecified atom stereocenters. The Bertz CT molecular complexity index is 776. The minimum Gasteiger partial charge on any atom is -0.370 e. The quantitative estimate of drug-likeness (QED) is 0.624. The number of morpholine rings is 1. The molecule has 1 aliphatic rings. The van der Waals surface area contributed by atoms with Crippen molar-refractivity contribution in [3.8, 4) is 0 Å². The summed E-state index contributed by atoms with van der Waals surface area (Å²) in [6.45, 7) is 5.68. The van der Waals surface area contributed by atoms with E-state index in [0.717, 1.165) is 44.0 Å². The van der Waals surface area contributed by atoms with E-state index in [9.17, 15) is 9.59 Å². The molecule has 1 fully saturated rings. The molecule has 29 heavy (non-hydrogen) atoms. The van der Waals surface area contributed by atoms with Gasteiger partial charge in [-0.2, -0.15) is 0 Å². The Morgan fingerprint density at radius 3 is 2.00 bits per heavy atom. The van der Waals surface area contributed by atoms with Crippen molar-refractivity contribution in [2.24, 2.45) is 0 Å². The summed E-state index contributed by atoms with van der Waals surface area (Å²) < 4.78 is 5.46. The van der Waals surface area contributed by atoms with Crippen LogP contribution >= 0.6 is 0 Å². The fraction of sp³-hybridized carbons (Fsp3) is 0.391. The summed E-state index contributed by atoms with van der Waals surface area (Å²) in [5.74, 6) is -0.224. The zero-order chi connectivity index (χ0) is 20.5. The number of benzene rings is 2. The predicted octanol–water partition coefficient (Wildman–Crippen LogP) is 1.03. The standard InChI is InChI=1S/C23H29N3O3/c1-18(27)24-21(19-8-4-2-5-9-19)16-23(28)25-22(20-10-6-3-7-11-20)17-26-12-14-29-15-13-26/h2-11,21-22H,12-17H2,1H3,(H,24,27)(H,25,28)/p+1/t21-,22+/m0/s1. The number of quaternary nitrogens is 1. The molecule has 0 aliphatic carbocycles. The van der Waals surface area contributed by atoms with Crippen molar-refractivity contribution in [2.45, 2.75) is 25.4 Å². The minimum atomic E-state index is -0.346. The monoisotopic (exact) mass is 396 g/mol. The van der Waals surface area contributed by atoms with Gasteiger partial charge in [0.1, 0.15) is 25.7 Å². The second-order valence-electron chi connectivity index (χ2n) is 7.47. The van der Waals surface area contributed by atoms with Gasteiger partial charge in [0.15, 0.2) is 0 Å². The average Bonchev–Trinajstić information content (AvgIpc) is 2.74. The van der Waals surface area contributed by atoms with Crippen LogP contribution in [0.15, 0.2) is 60.7 Å². The topological polar surface area (TPSA) is 71.9 Å². The molecule has 0 spiro atoms. The number of carbonyl (C=O) groups is 2. The molecule has 3 N–H and O–H groups in total. The molecule has 1 aliphatic heterocycles. The molecule has 1 saturated heterocycles. The molecular formula is C23H30N3O3+. The first-order valence-electron chi connectivity index (χ1n) is 10.2. The highest BCUT2D eigenvalue weighted by Gasteiger charge is 2.24. The van der Waals surface area contributed by atoms with E-state index in [-0.39, 0.29) is 30.3 Å². The fourth-order valence-corrected chi connectivity index (χ4v) is 3.71. The van der Waals surface area contributed by atoms with E-state index in [1.807, 2.05) is 60.7 Å². The van der Waals surface area contributed by atoms with Crippen molar-refractivity contribution in [3.63, 3.8) is 0 Å². The van der Waals surface area contributed by atoms with Gasteiger partial charge in [0.25, 0.3) is 0 Å².